The zero-order valence-electron chi connectivity index (χ0n) is 17.4. The van der Waals surface area contributed by atoms with E-state index in [4.69, 9.17) is 15.1 Å². The summed E-state index contributed by atoms with van der Waals surface area (Å²) in [5.74, 6) is -2.14. The third-order valence-electron chi connectivity index (χ3n) is 4.98. The molecule has 1 aromatic rings. The second kappa shape index (κ2) is 11.6. The predicted molar refractivity (Wildman–Crippen MR) is 112 cm³/mol. The quantitative estimate of drug-likeness (QED) is 0.394. The summed E-state index contributed by atoms with van der Waals surface area (Å²) in [7, 11) is 0.102. The van der Waals surface area contributed by atoms with Crippen LogP contribution < -0.4 is 21.1 Å². The summed E-state index contributed by atoms with van der Waals surface area (Å²) in [4.78, 5) is 37.3. The molecule has 0 saturated heterocycles. The zero-order chi connectivity index (χ0) is 22.1. The van der Waals surface area contributed by atoms with Crippen molar-refractivity contribution in [3.8, 4) is 5.75 Å². The third kappa shape index (κ3) is 7.03. The van der Waals surface area contributed by atoms with Crippen LogP contribution in [0.15, 0.2) is 24.3 Å². The van der Waals surface area contributed by atoms with E-state index >= 15 is 0 Å². The van der Waals surface area contributed by atoms with E-state index in [1.807, 2.05) is 24.3 Å². The van der Waals surface area contributed by atoms with Crippen molar-refractivity contribution in [3.05, 3.63) is 29.8 Å². The molecule has 164 valence electrons. The van der Waals surface area contributed by atoms with Crippen LogP contribution in [-0.4, -0.2) is 55.8 Å². The molecule has 0 saturated carbocycles. The van der Waals surface area contributed by atoms with Crippen LogP contribution in [0.5, 0.6) is 5.75 Å². The molecule has 2 aliphatic rings. The highest BCUT2D eigenvalue weighted by Crippen LogP contribution is 2.19. The van der Waals surface area contributed by atoms with Gasteiger partial charge in [0.15, 0.2) is 0 Å². The number of hydrogen-bond acceptors (Lipinski definition) is 6. The number of amides is 2. The number of ether oxygens (including phenoxy) is 1. The van der Waals surface area contributed by atoms with Crippen molar-refractivity contribution in [3.63, 3.8) is 0 Å². The Morgan fingerprint density at radius 2 is 1.97 bits per heavy atom. The van der Waals surface area contributed by atoms with Gasteiger partial charge < -0.3 is 30.9 Å². The molecule has 0 aromatic heterocycles. The number of carboxylic acids is 1. The SMILES string of the molecule is CC(C)[C@@H]1NC(=O)[C@@H](BOCN)Cc2ccc(cc2)OCCC[C@@H](C(=O)O)NC1=O. The molecule has 3 atom stereocenters. The van der Waals surface area contributed by atoms with Crippen LogP contribution in [0.2, 0.25) is 5.82 Å². The minimum absolute atomic E-state index is 0.0229. The van der Waals surface area contributed by atoms with E-state index in [1.54, 1.807) is 13.8 Å². The van der Waals surface area contributed by atoms with Crippen molar-refractivity contribution in [2.24, 2.45) is 11.7 Å². The average molecular weight is 419 g/mol. The molecule has 2 amide bonds. The maximum Gasteiger partial charge on any atom is 0.326 e. The fourth-order valence-corrected chi connectivity index (χ4v) is 3.25. The molecule has 2 bridgehead atoms. The molecular weight excluding hydrogens is 389 g/mol. The van der Waals surface area contributed by atoms with Gasteiger partial charge in [-0.25, -0.2) is 4.79 Å². The first-order valence-corrected chi connectivity index (χ1v) is 10.1. The highest BCUT2D eigenvalue weighted by atomic mass is 16.5. The molecule has 0 unspecified atom stereocenters. The van der Waals surface area contributed by atoms with E-state index in [1.165, 1.54) is 0 Å². The van der Waals surface area contributed by atoms with Gasteiger partial charge in [0.1, 0.15) is 17.8 Å². The number of rotatable bonds is 5. The Balaban J connectivity index is 2.30. The normalized spacial score (nSPS) is 23.4. The van der Waals surface area contributed by atoms with Gasteiger partial charge in [0.2, 0.25) is 11.8 Å². The van der Waals surface area contributed by atoms with E-state index in [2.05, 4.69) is 10.6 Å². The second-order valence-electron chi connectivity index (χ2n) is 7.70. The molecular formula is C20H30BN3O6. The molecule has 0 radical (unpaired) electrons. The first-order valence-electron chi connectivity index (χ1n) is 10.1. The van der Waals surface area contributed by atoms with Gasteiger partial charge in [-0.2, -0.15) is 0 Å². The van der Waals surface area contributed by atoms with Crippen LogP contribution >= 0.6 is 0 Å². The second-order valence-corrected chi connectivity index (χ2v) is 7.70. The number of carbonyl (C=O) groups excluding carboxylic acids is 2. The smallest absolute Gasteiger partial charge is 0.326 e. The third-order valence-corrected chi connectivity index (χ3v) is 4.98. The van der Waals surface area contributed by atoms with Crippen LogP contribution in [0.4, 0.5) is 0 Å². The molecule has 0 spiro atoms. The molecule has 9 nitrogen and oxygen atoms in total. The van der Waals surface area contributed by atoms with Gasteiger partial charge in [-0.05, 0) is 42.9 Å². The van der Waals surface area contributed by atoms with E-state index in [9.17, 15) is 19.5 Å². The van der Waals surface area contributed by atoms with Crippen LogP contribution in [0.3, 0.4) is 0 Å². The van der Waals surface area contributed by atoms with Gasteiger partial charge in [-0.15, -0.1) is 0 Å². The summed E-state index contributed by atoms with van der Waals surface area (Å²) >= 11 is 0. The summed E-state index contributed by atoms with van der Waals surface area (Å²) in [6.07, 6.45) is 1.07. The summed E-state index contributed by atoms with van der Waals surface area (Å²) in [5, 5.41) is 14.8. The number of benzene rings is 1. The first-order chi connectivity index (χ1) is 14.3. The highest BCUT2D eigenvalue weighted by Gasteiger charge is 2.31. The number of aliphatic carboxylic acids is 1. The average Bonchev–Trinajstić information content (AvgIpc) is 2.71. The molecule has 2 aliphatic heterocycles. The van der Waals surface area contributed by atoms with E-state index in [0.717, 1.165) is 5.56 Å². The maximum absolute atomic E-state index is 12.9. The Morgan fingerprint density at radius 3 is 2.57 bits per heavy atom. The van der Waals surface area contributed by atoms with Crippen molar-refractivity contribution in [2.45, 2.75) is 51.0 Å². The van der Waals surface area contributed by atoms with Crippen molar-refractivity contribution in [1.29, 1.82) is 0 Å². The molecule has 1 aromatic carbocycles. The topological polar surface area (TPSA) is 140 Å². The summed E-state index contributed by atoms with van der Waals surface area (Å²) < 4.78 is 10.9. The van der Waals surface area contributed by atoms with Crippen molar-refractivity contribution in [2.75, 3.05) is 13.3 Å². The lowest BCUT2D eigenvalue weighted by atomic mass is 9.75. The van der Waals surface area contributed by atoms with Crippen molar-refractivity contribution >= 4 is 25.3 Å². The molecule has 0 aliphatic carbocycles. The monoisotopic (exact) mass is 419 g/mol. The van der Waals surface area contributed by atoms with Crippen molar-refractivity contribution < 1.29 is 28.9 Å². The first kappa shape index (κ1) is 23.7. The summed E-state index contributed by atoms with van der Waals surface area (Å²) in [6.45, 7) is 3.88. The molecule has 2 heterocycles. The van der Waals surface area contributed by atoms with Gasteiger partial charge in [-0.3, -0.25) is 9.59 Å². The highest BCUT2D eigenvalue weighted by molar-refractivity contribution is 6.37. The van der Waals surface area contributed by atoms with E-state index < -0.39 is 29.8 Å². The number of nitrogens with two attached hydrogens (primary N) is 1. The molecule has 5 N–H and O–H groups in total. The van der Waals surface area contributed by atoms with Crippen LogP contribution in [0.1, 0.15) is 32.3 Å². The number of nitrogens with one attached hydrogen (secondary N) is 2. The minimum atomic E-state index is -1.13. The Hall–Kier alpha value is -2.59. The molecule has 3 rings (SSSR count). The number of hydrogen-bond donors (Lipinski definition) is 4. The van der Waals surface area contributed by atoms with Gasteiger partial charge in [0.05, 0.1) is 13.3 Å². The minimum Gasteiger partial charge on any atom is -0.494 e. The fraction of sp³-hybridized carbons (Fsp3) is 0.550. The standard InChI is InChI=1S/C20H30BN3O6/c1-12(2)17-19(26)23-16(20(27)28)4-3-9-29-14-7-5-13(6-8-14)10-15(18(25)24-17)21-30-11-22/h5-8,12,15-17,21H,3-4,9-11,22H2,1-2H3,(H,23,26)(H,24,25)(H,27,28)/t15-,16-,17-/m0/s1. The van der Waals surface area contributed by atoms with Gasteiger partial charge in [0.25, 0.3) is 7.48 Å². The van der Waals surface area contributed by atoms with Gasteiger partial charge in [-0.1, -0.05) is 26.0 Å². The molecule has 0 fully saturated rings. The Morgan fingerprint density at radius 1 is 1.27 bits per heavy atom. The summed E-state index contributed by atoms with van der Waals surface area (Å²) in [6, 6.07) is 5.44. The maximum atomic E-state index is 12.9. The summed E-state index contributed by atoms with van der Waals surface area (Å²) in [5.41, 5.74) is 6.34. The fourth-order valence-electron chi connectivity index (χ4n) is 3.25. The Bertz CT molecular complexity index is 728. The van der Waals surface area contributed by atoms with E-state index in [-0.39, 0.29) is 32.5 Å². The van der Waals surface area contributed by atoms with E-state index in [0.29, 0.717) is 25.2 Å². The lowest BCUT2D eigenvalue weighted by Crippen LogP contribution is -2.54. The van der Waals surface area contributed by atoms with Crippen LogP contribution in [0.25, 0.3) is 0 Å². The van der Waals surface area contributed by atoms with Crippen LogP contribution in [0, 0.1) is 5.92 Å². The lowest BCUT2D eigenvalue weighted by Gasteiger charge is -2.26. The largest absolute Gasteiger partial charge is 0.494 e. The number of fused-ring (bicyclic) bond motifs is 13. The van der Waals surface area contributed by atoms with Crippen molar-refractivity contribution in [1.82, 2.24) is 10.6 Å². The Labute approximate surface area is 177 Å². The number of carboxylic acid groups (broad SMARTS) is 1. The zero-order valence-corrected chi connectivity index (χ0v) is 17.4. The molecule has 30 heavy (non-hydrogen) atoms. The predicted octanol–water partition coefficient (Wildman–Crippen LogP) is 0.185. The molecule has 10 heteroatoms. The van der Waals surface area contributed by atoms with Gasteiger partial charge >= 0.3 is 5.97 Å². The number of carbonyl (C=O) groups is 3. The van der Waals surface area contributed by atoms with Gasteiger partial charge in [0, 0.05) is 5.82 Å². The van der Waals surface area contributed by atoms with Crippen LogP contribution in [-0.2, 0) is 25.5 Å². The lowest BCUT2D eigenvalue weighted by molar-refractivity contribution is -0.142. The Kier molecular flexibility index (Phi) is 9.13.